The molecule has 29 heavy (non-hydrogen) atoms. The summed E-state index contributed by atoms with van der Waals surface area (Å²) in [7, 11) is 0. The Bertz CT molecular complexity index is 1040. The Morgan fingerprint density at radius 2 is 1.93 bits per heavy atom. The van der Waals surface area contributed by atoms with E-state index in [1.807, 2.05) is 18.2 Å². The van der Waals surface area contributed by atoms with Crippen LogP contribution >= 0.6 is 38.9 Å². The van der Waals surface area contributed by atoms with Crippen LogP contribution < -0.4 is 11.1 Å². The van der Waals surface area contributed by atoms with Crippen LogP contribution in [0.1, 0.15) is 24.3 Å². The molecule has 0 spiro atoms. The summed E-state index contributed by atoms with van der Waals surface area (Å²) in [5.74, 6) is -1.47. The number of rotatable bonds is 6. The highest BCUT2D eigenvalue weighted by Crippen LogP contribution is 2.34. The first kappa shape index (κ1) is 21.9. The highest BCUT2D eigenvalue weighted by Gasteiger charge is 2.20. The quantitative estimate of drug-likeness (QED) is 0.393. The molecule has 1 aromatic heterocycles. The number of nitrogens with two attached hydrogens (primary N) is 1. The molecular weight excluding hydrogens is 482 g/mol. The van der Waals surface area contributed by atoms with Gasteiger partial charge in [0.05, 0.1) is 9.50 Å². The first-order valence-corrected chi connectivity index (χ1v) is 10.8. The zero-order chi connectivity index (χ0) is 21.1. The average molecular weight is 500 g/mol. The molecule has 2 aromatic carbocycles. The largest absolute Gasteiger partial charge is 0.326 e. The fourth-order valence-electron chi connectivity index (χ4n) is 2.80. The van der Waals surface area contributed by atoms with Crippen LogP contribution in [0.25, 0.3) is 10.4 Å². The molecule has 1 heterocycles. The highest BCUT2D eigenvalue weighted by molar-refractivity contribution is 9.10. The Labute approximate surface area is 185 Å². The molecule has 8 heteroatoms. The topological polar surface area (TPSA) is 55.1 Å². The predicted octanol–water partition coefficient (Wildman–Crippen LogP) is 6.77. The van der Waals surface area contributed by atoms with Crippen molar-refractivity contribution in [1.29, 1.82) is 0 Å². The molecule has 3 aromatic rings. The van der Waals surface area contributed by atoms with Crippen molar-refractivity contribution in [1.82, 2.24) is 0 Å². The van der Waals surface area contributed by atoms with Gasteiger partial charge in [-0.15, -0.1) is 11.3 Å². The van der Waals surface area contributed by atoms with Crippen LogP contribution in [0.5, 0.6) is 0 Å². The van der Waals surface area contributed by atoms with Crippen LogP contribution in [0.3, 0.4) is 0 Å². The van der Waals surface area contributed by atoms with E-state index in [-0.39, 0.29) is 28.7 Å². The summed E-state index contributed by atoms with van der Waals surface area (Å²) < 4.78 is 27.4. The lowest BCUT2D eigenvalue weighted by Gasteiger charge is -2.16. The monoisotopic (exact) mass is 498 g/mol. The summed E-state index contributed by atoms with van der Waals surface area (Å²) in [6, 6.07) is 12.4. The summed E-state index contributed by atoms with van der Waals surface area (Å²) in [6.07, 6.45) is 0.426. The van der Waals surface area contributed by atoms with E-state index in [0.717, 1.165) is 15.3 Å². The second-order valence-electron chi connectivity index (χ2n) is 6.69. The number of amides is 1. The fraction of sp³-hybridized carbons (Fsp3) is 0.190. The molecule has 2 atom stereocenters. The predicted molar refractivity (Wildman–Crippen MR) is 118 cm³/mol. The Hall–Kier alpha value is -1.80. The maximum absolute atomic E-state index is 13.8. The zero-order valence-corrected chi connectivity index (χ0v) is 18.5. The Balaban J connectivity index is 1.64. The van der Waals surface area contributed by atoms with Crippen molar-refractivity contribution in [3.63, 3.8) is 0 Å². The van der Waals surface area contributed by atoms with Gasteiger partial charge in [0, 0.05) is 27.4 Å². The third-order valence-corrected chi connectivity index (χ3v) is 6.64. The Morgan fingerprint density at radius 1 is 1.17 bits per heavy atom. The summed E-state index contributed by atoms with van der Waals surface area (Å²) in [5, 5.41) is 2.67. The van der Waals surface area contributed by atoms with Crippen molar-refractivity contribution < 1.29 is 13.6 Å². The van der Waals surface area contributed by atoms with Crippen molar-refractivity contribution in [3.05, 3.63) is 74.5 Å². The number of thiophene rings is 1. The number of carbonyl (C=O) groups is 1. The van der Waals surface area contributed by atoms with Gasteiger partial charge in [-0.25, -0.2) is 8.78 Å². The molecule has 3 N–H and O–H groups in total. The fourth-order valence-corrected chi connectivity index (χ4v) is 4.25. The number of nitrogens with one attached hydrogen (secondary N) is 1. The van der Waals surface area contributed by atoms with Crippen LogP contribution in [-0.2, 0) is 4.79 Å². The van der Waals surface area contributed by atoms with Crippen molar-refractivity contribution in [2.45, 2.75) is 19.4 Å². The number of hydrogen-bond acceptors (Lipinski definition) is 3. The molecule has 0 saturated heterocycles. The lowest BCUT2D eigenvalue weighted by atomic mass is 10.0. The second kappa shape index (κ2) is 9.34. The van der Waals surface area contributed by atoms with Gasteiger partial charge in [-0.05, 0) is 70.4 Å². The summed E-state index contributed by atoms with van der Waals surface area (Å²) >= 11 is 10.4. The van der Waals surface area contributed by atoms with Crippen LogP contribution in [-0.4, -0.2) is 5.91 Å². The lowest BCUT2D eigenvalue weighted by molar-refractivity contribution is -0.119. The number of halogens is 4. The molecule has 0 fully saturated rings. The first-order chi connectivity index (χ1) is 13.7. The van der Waals surface area contributed by atoms with E-state index in [1.165, 1.54) is 35.6 Å². The number of hydrogen-bond donors (Lipinski definition) is 2. The van der Waals surface area contributed by atoms with E-state index in [2.05, 4.69) is 21.2 Å². The SMILES string of the molecule is CC(CC(N)c1ccc(-c2ccc(Br)c(F)c2)s1)C(=O)Nc1ccc(F)c(Cl)c1. The van der Waals surface area contributed by atoms with Crippen molar-refractivity contribution >= 4 is 50.5 Å². The number of anilines is 1. The molecule has 3 rings (SSSR count). The van der Waals surface area contributed by atoms with Gasteiger partial charge in [-0.1, -0.05) is 24.6 Å². The number of benzene rings is 2. The maximum Gasteiger partial charge on any atom is 0.227 e. The third-order valence-electron chi connectivity index (χ3n) is 4.44. The van der Waals surface area contributed by atoms with Gasteiger partial charge in [-0.3, -0.25) is 4.79 Å². The van der Waals surface area contributed by atoms with E-state index in [9.17, 15) is 13.6 Å². The molecule has 0 radical (unpaired) electrons. The number of carbonyl (C=O) groups excluding carboxylic acids is 1. The standard InChI is InChI=1S/C21H18BrClF2N2OS/c1-11(21(28)27-13-3-5-16(24)15(23)10-13)8-18(26)20-7-6-19(29-20)12-2-4-14(22)17(25)9-12/h2-7,9-11,18H,8,26H2,1H3,(H,27,28). The molecule has 0 saturated carbocycles. The van der Waals surface area contributed by atoms with E-state index in [1.54, 1.807) is 13.0 Å². The summed E-state index contributed by atoms with van der Waals surface area (Å²) in [6.45, 7) is 1.78. The first-order valence-electron chi connectivity index (χ1n) is 8.81. The third kappa shape index (κ3) is 5.42. The Morgan fingerprint density at radius 3 is 2.62 bits per heavy atom. The molecular formula is C21H18BrClF2N2OS. The van der Waals surface area contributed by atoms with Gasteiger partial charge >= 0.3 is 0 Å². The van der Waals surface area contributed by atoms with Crippen molar-refractivity contribution in [3.8, 4) is 10.4 Å². The van der Waals surface area contributed by atoms with Gasteiger partial charge in [-0.2, -0.15) is 0 Å². The van der Waals surface area contributed by atoms with Gasteiger partial charge < -0.3 is 11.1 Å². The maximum atomic E-state index is 13.8. The smallest absolute Gasteiger partial charge is 0.227 e. The van der Waals surface area contributed by atoms with Crippen LogP contribution in [0.15, 0.2) is 53.0 Å². The minimum atomic E-state index is -0.543. The minimum absolute atomic E-state index is 0.0531. The van der Waals surface area contributed by atoms with E-state index in [4.69, 9.17) is 17.3 Å². The second-order valence-corrected chi connectivity index (χ2v) is 9.07. The molecule has 152 valence electrons. The van der Waals surface area contributed by atoms with E-state index < -0.39 is 5.82 Å². The van der Waals surface area contributed by atoms with Gasteiger partial charge in [0.2, 0.25) is 5.91 Å². The molecule has 3 nitrogen and oxygen atoms in total. The van der Waals surface area contributed by atoms with Crippen LogP contribution in [0.4, 0.5) is 14.5 Å². The minimum Gasteiger partial charge on any atom is -0.326 e. The molecule has 0 aliphatic carbocycles. The van der Waals surface area contributed by atoms with Crippen LogP contribution in [0, 0.1) is 17.6 Å². The molecule has 2 unspecified atom stereocenters. The normalized spacial score (nSPS) is 13.2. The molecule has 0 bridgehead atoms. The molecule has 0 aliphatic heterocycles. The Kier molecular flexibility index (Phi) is 7.05. The van der Waals surface area contributed by atoms with Gasteiger partial charge in [0.15, 0.2) is 0 Å². The van der Waals surface area contributed by atoms with E-state index in [0.29, 0.717) is 16.6 Å². The van der Waals surface area contributed by atoms with Crippen molar-refractivity contribution in [2.75, 3.05) is 5.32 Å². The summed E-state index contributed by atoms with van der Waals surface area (Å²) in [4.78, 5) is 14.2. The van der Waals surface area contributed by atoms with Crippen LogP contribution in [0.2, 0.25) is 5.02 Å². The van der Waals surface area contributed by atoms with Gasteiger partial charge in [0.1, 0.15) is 11.6 Å². The summed E-state index contributed by atoms with van der Waals surface area (Å²) in [5.41, 5.74) is 7.49. The molecule has 1 amide bonds. The van der Waals surface area contributed by atoms with Gasteiger partial charge in [0.25, 0.3) is 0 Å². The van der Waals surface area contributed by atoms with Crippen molar-refractivity contribution in [2.24, 2.45) is 11.7 Å². The van der Waals surface area contributed by atoms with E-state index >= 15 is 0 Å². The zero-order valence-electron chi connectivity index (χ0n) is 15.4. The average Bonchev–Trinajstić information content (AvgIpc) is 3.17. The lowest BCUT2D eigenvalue weighted by Crippen LogP contribution is -2.24. The molecule has 0 aliphatic rings. The highest BCUT2D eigenvalue weighted by atomic mass is 79.9.